The number of hydrogen-bond donors (Lipinski definition) is 0. The molecule has 0 aromatic rings. The fraction of sp³-hybridized carbons (Fsp3) is 1.00. The maximum atomic E-state index is 10.8. The first-order valence-corrected chi connectivity index (χ1v) is 13.2. The molecule has 10 nitrogen and oxygen atoms in total. The SMILES string of the molecule is CS(=O)(=O)OCCOCCOCC12CC(COCCOCCOS(C)(=O)=O)(C1)C2. The van der Waals surface area contributed by atoms with Gasteiger partial charge in [0.1, 0.15) is 0 Å². The summed E-state index contributed by atoms with van der Waals surface area (Å²) in [4.78, 5) is 0. The molecule has 0 saturated heterocycles. The summed E-state index contributed by atoms with van der Waals surface area (Å²) in [6.45, 7) is 3.67. The third kappa shape index (κ3) is 9.55. The van der Waals surface area contributed by atoms with Gasteiger partial charge in [0.25, 0.3) is 20.2 Å². The molecule has 3 aliphatic rings. The smallest absolute Gasteiger partial charge is 0.264 e. The topological polar surface area (TPSA) is 124 Å². The van der Waals surface area contributed by atoms with Gasteiger partial charge in [-0.15, -0.1) is 0 Å². The summed E-state index contributed by atoms with van der Waals surface area (Å²) in [5.41, 5.74) is 0.560. The minimum absolute atomic E-state index is 0.0186. The van der Waals surface area contributed by atoms with Gasteiger partial charge >= 0.3 is 0 Å². The molecular formula is C17H32O10S2. The van der Waals surface area contributed by atoms with E-state index in [2.05, 4.69) is 8.37 Å². The summed E-state index contributed by atoms with van der Waals surface area (Å²) < 4.78 is 74.1. The van der Waals surface area contributed by atoms with Crippen LogP contribution in [0.15, 0.2) is 0 Å². The van der Waals surface area contributed by atoms with Gasteiger partial charge in [-0.1, -0.05) is 0 Å². The highest BCUT2D eigenvalue weighted by Gasteiger charge is 2.67. The van der Waals surface area contributed by atoms with E-state index in [1.54, 1.807) is 0 Å². The Bertz CT molecular complexity index is 626. The maximum absolute atomic E-state index is 10.8. The predicted octanol–water partition coefficient (Wildman–Crippen LogP) is 0.176. The molecule has 29 heavy (non-hydrogen) atoms. The Morgan fingerprint density at radius 2 is 0.862 bits per heavy atom. The third-order valence-electron chi connectivity index (χ3n) is 4.86. The second-order valence-corrected chi connectivity index (χ2v) is 11.2. The second-order valence-electron chi connectivity index (χ2n) is 7.91. The van der Waals surface area contributed by atoms with Gasteiger partial charge in [0.2, 0.25) is 0 Å². The summed E-state index contributed by atoms with van der Waals surface area (Å²) in [6, 6.07) is 0. The van der Waals surface area contributed by atoms with Gasteiger partial charge in [-0.3, -0.25) is 8.37 Å². The van der Waals surface area contributed by atoms with Crippen LogP contribution in [0.3, 0.4) is 0 Å². The molecule has 0 unspecified atom stereocenters. The van der Waals surface area contributed by atoms with Crippen molar-refractivity contribution in [2.24, 2.45) is 10.8 Å². The average molecular weight is 461 g/mol. The van der Waals surface area contributed by atoms with Crippen LogP contribution in [0.5, 0.6) is 0 Å². The molecule has 3 saturated carbocycles. The van der Waals surface area contributed by atoms with Crippen molar-refractivity contribution < 1.29 is 44.1 Å². The minimum Gasteiger partial charge on any atom is -0.378 e. The predicted molar refractivity (Wildman–Crippen MR) is 104 cm³/mol. The van der Waals surface area contributed by atoms with E-state index in [1.807, 2.05) is 0 Å². The van der Waals surface area contributed by atoms with Crippen LogP contribution in [0, 0.1) is 10.8 Å². The molecule has 3 aliphatic carbocycles. The first-order chi connectivity index (χ1) is 13.5. The Balaban J connectivity index is 1.37. The highest BCUT2D eigenvalue weighted by atomic mass is 32.2. The van der Waals surface area contributed by atoms with E-state index in [0.29, 0.717) is 39.6 Å². The van der Waals surface area contributed by atoms with E-state index in [9.17, 15) is 16.8 Å². The van der Waals surface area contributed by atoms with Crippen LogP contribution in [0.1, 0.15) is 19.3 Å². The van der Waals surface area contributed by atoms with E-state index in [-0.39, 0.29) is 37.3 Å². The van der Waals surface area contributed by atoms with Gasteiger partial charge in [0.15, 0.2) is 0 Å². The van der Waals surface area contributed by atoms with E-state index in [4.69, 9.17) is 18.9 Å². The van der Waals surface area contributed by atoms with Gasteiger partial charge in [-0.25, -0.2) is 0 Å². The molecule has 0 N–H and O–H groups in total. The molecule has 3 rings (SSSR count). The van der Waals surface area contributed by atoms with Crippen molar-refractivity contribution in [3.05, 3.63) is 0 Å². The van der Waals surface area contributed by atoms with Crippen molar-refractivity contribution in [2.75, 3.05) is 78.6 Å². The van der Waals surface area contributed by atoms with E-state index < -0.39 is 20.2 Å². The summed E-state index contributed by atoms with van der Waals surface area (Å²) in [6.07, 6.45) is 5.32. The lowest BCUT2D eigenvalue weighted by Gasteiger charge is -2.70. The van der Waals surface area contributed by atoms with Gasteiger partial charge in [0, 0.05) is 0 Å². The lowest BCUT2D eigenvalue weighted by molar-refractivity contribution is -0.254. The zero-order valence-corrected chi connectivity index (χ0v) is 18.7. The zero-order chi connectivity index (χ0) is 21.4. The Kier molecular flexibility index (Phi) is 9.28. The summed E-state index contributed by atoms with van der Waals surface area (Å²) >= 11 is 0. The molecule has 0 amide bonds. The van der Waals surface area contributed by atoms with E-state index in [1.165, 1.54) is 0 Å². The van der Waals surface area contributed by atoms with Crippen molar-refractivity contribution in [1.82, 2.24) is 0 Å². The lowest BCUT2D eigenvalue weighted by Crippen LogP contribution is -2.65. The molecule has 0 aromatic carbocycles. The van der Waals surface area contributed by atoms with Crippen LogP contribution in [0.2, 0.25) is 0 Å². The highest BCUT2D eigenvalue weighted by molar-refractivity contribution is 7.86. The first kappa shape index (κ1) is 24.9. The third-order valence-corrected chi connectivity index (χ3v) is 6.05. The van der Waals surface area contributed by atoms with E-state index in [0.717, 1.165) is 31.8 Å². The molecule has 0 spiro atoms. The van der Waals surface area contributed by atoms with Crippen molar-refractivity contribution in [3.63, 3.8) is 0 Å². The molecule has 172 valence electrons. The number of hydrogen-bond acceptors (Lipinski definition) is 10. The summed E-state index contributed by atoms with van der Waals surface area (Å²) in [5, 5.41) is 0. The Labute approximate surface area is 173 Å². The molecule has 0 aliphatic heterocycles. The van der Waals surface area contributed by atoms with Gasteiger partial charge < -0.3 is 18.9 Å². The molecular weight excluding hydrogens is 428 g/mol. The Hall–Kier alpha value is -0.340. The summed E-state index contributed by atoms with van der Waals surface area (Å²) in [7, 11) is -6.82. The fourth-order valence-corrected chi connectivity index (χ4v) is 4.78. The molecule has 0 atom stereocenters. The quantitative estimate of drug-likeness (QED) is 0.207. The minimum atomic E-state index is -3.41. The van der Waals surface area contributed by atoms with Crippen LogP contribution < -0.4 is 0 Å². The molecule has 0 radical (unpaired) electrons. The van der Waals surface area contributed by atoms with Gasteiger partial charge in [-0.05, 0) is 30.1 Å². The van der Waals surface area contributed by atoms with Gasteiger partial charge in [0.05, 0.1) is 78.6 Å². The van der Waals surface area contributed by atoms with Crippen LogP contribution in [-0.4, -0.2) is 95.4 Å². The van der Waals surface area contributed by atoms with E-state index >= 15 is 0 Å². The number of ether oxygens (including phenoxy) is 4. The average Bonchev–Trinajstić information content (AvgIpc) is 2.52. The Morgan fingerprint density at radius 3 is 1.21 bits per heavy atom. The largest absolute Gasteiger partial charge is 0.378 e. The lowest BCUT2D eigenvalue weighted by atomic mass is 9.35. The zero-order valence-electron chi connectivity index (χ0n) is 17.1. The Morgan fingerprint density at radius 1 is 0.552 bits per heavy atom. The van der Waals surface area contributed by atoms with Crippen molar-refractivity contribution in [1.29, 1.82) is 0 Å². The molecule has 3 fully saturated rings. The van der Waals surface area contributed by atoms with Crippen LogP contribution >= 0.6 is 0 Å². The van der Waals surface area contributed by atoms with Crippen LogP contribution in [-0.2, 0) is 47.5 Å². The van der Waals surface area contributed by atoms with Gasteiger partial charge in [-0.2, -0.15) is 16.8 Å². The molecule has 2 bridgehead atoms. The van der Waals surface area contributed by atoms with Crippen molar-refractivity contribution in [2.45, 2.75) is 19.3 Å². The highest BCUT2D eigenvalue weighted by Crippen LogP contribution is 2.73. The van der Waals surface area contributed by atoms with Crippen molar-refractivity contribution >= 4 is 20.2 Å². The fourth-order valence-electron chi connectivity index (χ4n) is 4.04. The number of rotatable bonds is 18. The normalized spacial score (nSPS) is 26.1. The molecule has 12 heteroatoms. The molecule has 0 aromatic heterocycles. The monoisotopic (exact) mass is 460 g/mol. The van der Waals surface area contributed by atoms with Crippen LogP contribution in [0.25, 0.3) is 0 Å². The standard InChI is InChI=1S/C17H32O10S2/c1-28(18,19)26-9-7-22-3-5-24-14-16-11-17(12-16,13-16)15-25-6-4-23-8-10-27-29(2,20)21/h3-15H2,1-2H3. The first-order valence-electron chi connectivity index (χ1n) is 9.53. The van der Waals surface area contributed by atoms with Crippen LogP contribution in [0.4, 0.5) is 0 Å². The maximum Gasteiger partial charge on any atom is 0.264 e. The molecule has 0 heterocycles. The second kappa shape index (κ2) is 10.8. The van der Waals surface area contributed by atoms with Crippen molar-refractivity contribution in [3.8, 4) is 0 Å². The summed E-state index contributed by atoms with van der Waals surface area (Å²) in [5.74, 6) is 0.